The standard InChI is InChI=1S/C20H12N2O4S/c23-17-9-10-18(24)21(17)13-5-1-3-7-15(13)27-16-8-4-2-6-14(16)22-19(25)11-12-20(22)26/h1-12H. The highest BCUT2D eigenvalue weighted by Crippen LogP contribution is 2.41. The Labute approximate surface area is 158 Å². The summed E-state index contributed by atoms with van der Waals surface area (Å²) in [6.45, 7) is 0. The van der Waals surface area contributed by atoms with Crippen molar-refractivity contribution in [2.75, 3.05) is 9.80 Å². The molecular formula is C20H12N2O4S. The summed E-state index contributed by atoms with van der Waals surface area (Å²) in [5.74, 6) is -1.63. The molecule has 2 aliphatic heterocycles. The molecule has 2 aromatic carbocycles. The first kappa shape index (κ1) is 17.0. The number of para-hydroxylation sites is 2. The quantitative estimate of drug-likeness (QED) is 0.767. The van der Waals surface area contributed by atoms with E-state index in [4.69, 9.17) is 0 Å². The van der Waals surface area contributed by atoms with Gasteiger partial charge in [0.15, 0.2) is 0 Å². The Morgan fingerprint density at radius 1 is 0.519 bits per heavy atom. The van der Waals surface area contributed by atoms with Crippen molar-refractivity contribution in [3.8, 4) is 0 Å². The highest BCUT2D eigenvalue weighted by molar-refractivity contribution is 7.99. The van der Waals surface area contributed by atoms with E-state index in [1.165, 1.54) is 36.1 Å². The van der Waals surface area contributed by atoms with Gasteiger partial charge in [0.25, 0.3) is 23.6 Å². The fraction of sp³-hybridized carbons (Fsp3) is 0. The first-order chi connectivity index (χ1) is 13.1. The average molecular weight is 376 g/mol. The highest BCUT2D eigenvalue weighted by atomic mass is 32.2. The van der Waals surface area contributed by atoms with E-state index in [1.54, 1.807) is 48.5 Å². The summed E-state index contributed by atoms with van der Waals surface area (Å²) in [6.07, 6.45) is 4.91. The molecule has 4 amide bonds. The highest BCUT2D eigenvalue weighted by Gasteiger charge is 2.29. The van der Waals surface area contributed by atoms with Gasteiger partial charge in [-0.05, 0) is 24.3 Å². The number of anilines is 2. The third-order valence-corrected chi connectivity index (χ3v) is 5.18. The number of hydrogen-bond acceptors (Lipinski definition) is 5. The van der Waals surface area contributed by atoms with Crippen molar-refractivity contribution in [3.63, 3.8) is 0 Å². The zero-order valence-corrected chi connectivity index (χ0v) is 14.7. The Bertz CT molecular complexity index is 938. The Balaban J connectivity index is 1.73. The maximum absolute atomic E-state index is 12.1. The van der Waals surface area contributed by atoms with Gasteiger partial charge in [-0.1, -0.05) is 36.0 Å². The Kier molecular flexibility index (Phi) is 4.21. The Morgan fingerprint density at radius 2 is 0.852 bits per heavy atom. The van der Waals surface area contributed by atoms with Gasteiger partial charge in [0.05, 0.1) is 11.4 Å². The van der Waals surface area contributed by atoms with Gasteiger partial charge in [-0.3, -0.25) is 19.2 Å². The van der Waals surface area contributed by atoms with Crippen LogP contribution in [0.1, 0.15) is 0 Å². The number of nitrogens with zero attached hydrogens (tertiary/aromatic N) is 2. The molecule has 0 radical (unpaired) electrons. The molecule has 0 aliphatic carbocycles. The van der Waals surface area contributed by atoms with Crippen molar-refractivity contribution in [1.29, 1.82) is 0 Å². The van der Waals surface area contributed by atoms with Crippen LogP contribution >= 0.6 is 11.8 Å². The van der Waals surface area contributed by atoms with Gasteiger partial charge < -0.3 is 0 Å². The summed E-state index contributed by atoms with van der Waals surface area (Å²) in [4.78, 5) is 51.7. The van der Waals surface area contributed by atoms with E-state index in [2.05, 4.69) is 0 Å². The molecular weight excluding hydrogens is 364 g/mol. The maximum Gasteiger partial charge on any atom is 0.258 e. The van der Waals surface area contributed by atoms with E-state index >= 15 is 0 Å². The Hall–Kier alpha value is -3.45. The van der Waals surface area contributed by atoms with Crippen molar-refractivity contribution in [2.45, 2.75) is 9.79 Å². The molecule has 0 N–H and O–H groups in total. The zero-order valence-electron chi connectivity index (χ0n) is 13.9. The van der Waals surface area contributed by atoms with E-state index in [1.807, 2.05) is 0 Å². The van der Waals surface area contributed by atoms with E-state index in [0.717, 1.165) is 9.80 Å². The topological polar surface area (TPSA) is 74.8 Å². The van der Waals surface area contributed by atoms with Crippen molar-refractivity contribution < 1.29 is 19.2 Å². The van der Waals surface area contributed by atoms with Crippen LogP contribution in [0.4, 0.5) is 11.4 Å². The van der Waals surface area contributed by atoms with Gasteiger partial charge in [0.2, 0.25) is 0 Å². The van der Waals surface area contributed by atoms with Gasteiger partial charge in [-0.2, -0.15) is 0 Å². The first-order valence-corrected chi connectivity index (χ1v) is 8.86. The van der Waals surface area contributed by atoms with Crippen molar-refractivity contribution >= 4 is 46.8 Å². The molecule has 132 valence electrons. The summed E-state index contributed by atoms with van der Waals surface area (Å²) in [6, 6.07) is 14.0. The van der Waals surface area contributed by atoms with Crippen LogP contribution in [0.2, 0.25) is 0 Å². The molecule has 6 nitrogen and oxygen atoms in total. The molecule has 2 aromatic rings. The maximum atomic E-state index is 12.1. The van der Waals surface area contributed by atoms with E-state index in [0.29, 0.717) is 21.2 Å². The Morgan fingerprint density at radius 3 is 1.22 bits per heavy atom. The lowest BCUT2D eigenvalue weighted by Gasteiger charge is -2.20. The second-order valence-corrected chi connectivity index (χ2v) is 6.81. The minimum absolute atomic E-state index is 0.407. The number of carbonyl (C=O) groups is 4. The lowest BCUT2D eigenvalue weighted by atomic mass is 10.3. The number of amides is 4. The van der Waals surface area contributed by atoms with Crippen molar-refractivity contribution in [3.05, 3.63) is 72.8 Å². The second-order valence-electron chi connectivity index (χ2n) is 5.73. The molecule has 0 spiro atoms. The predicted molar refractivity (Wildman–Crippen MR) is 100 cm³/mol. The minimum Gasteiger partial charge on any atom is -0.269 e. The molecule has 0 bridgehead atoms. The van der Waals surface area contributed by atoms with E-state index in [-0.39, 0.29) is 0 Å². The number of rotatable bonds is 4. The zero-order chi connectivity index (χ0) is 19.0. The van der Waals surface area contributed by atoms with Crippen LogP contribution in [-0.2, 0) is 19.2 Å². The van der Waals surface area contributed by atoms with Crippen molar-refractivity contribution in [2.24, 2.45) is 0 Å². The second kappa shape index (κ2) is 6.69. The summed E-state index contributed by atoms with van der Waals surface area (Å²) < 4.78 is 0. The van der Waals surface area contributed by atoms with Crippen LogP contribution in [0.15, 0.2) is 82.6 Å². The summed E-state index contributed by atoms with van der Waals surface area (Å²) in [7, 11) is 0. The SMILES string of the molecule is O=C1C=CC(=O)N1c1ccccc1Sc1ccccc1N1C(=O)C=CC1=O. The third-order valence-electron chi connectivity index (χ3n) is 4.05. The van der Waals surface area contributed by atoms with Crippen LogP contribution in [0.25, 0.3) is 0 Å². The van der Waals surface area contributed by atoms with Crippen LogP contribution < -0.4 is 9.80 Å². The number of benzene rings is 2. The van der Waals surface area contributed by atoms with E-state index < -0.39 is 23.6 Å². The molecule has 0 fully saturated rings. The first-order valence-electron chi connectivity index (χ1n) is 8.04. The summed E-state index contributed by atoms with van der Waals surface area (Å²) >= 11 is 1.27. The molecule has 0 saturated heterocycles. The van der Waals surface area contributed by atoms with Gasteiger partial charge >= 0.3 is 0 Å². The number of imide groups is 2. The molecule has 0 saturated carbocycles. The number of hydrogen-bond donors (Lipinski definition) is 0. The lowest BCUT2D eigenvalue weighted by Crippen LogP contribution is -2.30. The van der Waals surface area contributed by atoms with Gasteiger partial charge in [-0.25, -0.2) is 9.80 Å². The lowest BCUT2D eigenvalue weighted by molar-refractivity contribution is -0.121. The van der Waals surface area contributed by atoms with Gasteiger partial charge in [0.1, 0.15) is 0 Å². The van der Waals surface area contributed by atoms with E-state index in [9.17, 15) is 19.2 Å². The minimum atomic E-state index is -0.407. The normalized spacial score (nSPS) is 16.1. The smallest absolute Gasteiger partial charge is 0.258 e. The third kappa shape index (κ3) is 2.98. The average Bonchev–Trinajstić information content (AvgIpc) is 3.17. The van der Waals surface area contributed by atoms with Gasteiger partial charge in [-0.15, -0.1) is 0 Å². The molecule has 0 aromatic heterocycles. The fourth-order valence-electron chi connectivity index (χ4n) is 2.85. The van der Waals surface area contributed by atoms with Crippen LogP contribution in [0.3, 0.4) is 0 Å². The van der Waals surface area contributed by atoms with Crippen LogP contribution in [-0.4, -0.2) is 23.6 Å². The molecule has 0 atom stereocenters. The predicted octanol–water partition coefficient (Wildman–Crippen LogP) is 2.70. The number of carbonyl (C=O) groups excluding carboxylic acids is 4. The fourth-order valence-corrected chi connectivity index (χ4v) is 3.91. The molecule has 2 aliphatic rings. The van der Waals surface area contributed by atoms with Crippen molar-refractivity contribution in [1.82, 2.24) is 0 Å². The molecule has 4 rings (SSSR count). The molecule has 2 heterocycles. The monoisotopic (exact) mass is 376 g/mol. The largest absolute Gasteiger partial charge is 0.269 e. The molecule has 27 heavy (non-hydrogen) atoms. The molecule has 7 heteroatoms. The van der Waals surface area contributed by atoms with Crippen LogP contribution in [0, 0.1) is 0 Å². The van der Waals surface area contributed by atoms with Crippen LogP contribution in [0.5, 0.6) is 0 Å². The molecule has 0 unspecified atom stereocenters. The van der Waals surface area contributed by atoms with Gasteiger partial charge in [0, 0.05) is 34.1 Å². The summed E-state index contributed by atoms with van der Waals surface area (Å²) in [5.41, 5.74) is 0.906. The summed E-state index contributed by atoms with van der Waals surface area (Å²) in [5, 5.41) is 0.